The first-order chi connectivity index (χ1) is 11.3. The van der Waals surface area contributed by atoms with Crippen LogP contribution in [0.3, 0.4) is 0 Å². The molecule has 1 aromatic rings. The van der Waals surface area contributed by atoms with Gasteiger partial charge in [-0.25, -0.2) is 13.2 Å². The number of carbonyl (C=O) groups is 2. The number of hydrogen-bond acceptors (Lipinski definition) is 5. The van der Waals surface area contributed by atoms with Crippen LogP contribution in [0.25, 0.3) is 0 Å². The van der Waals surface area contributed by atoms with Gasteiger partial charge in [-0.1, -0.05) is 6.08 Å². The maximum atomic E-state index is 12.2. The summed E-state index contributed by atoms with van der Waals surface area (Å²) < 4.78 is 27.8. The molecule has 0 bridgehead atoms. The zero-order chi connectivity index (χ0) is 17.7. The maximum Gasteiger partial charge on any atom is 0.338 e. The van der Waals surface area contributed by atoms with E-state index in [-0.39, 0.29) is 23.0 Å². The standard InChI is InChI=1S/C17H21NO5S/c1-3-18(14-6-4-5-7-14)16(19)12-23-17(20)13-8-10-15(11-9-13)24(2,21)22/h6,8-11H,3-5,7,12H2,1-2H3. The van der Waals surface area contributed by atoms with Gasteiger partial charge in [-0.2, -0.15) is 0 Å². The fourth-order valence-electron chi connectivity index (χ4n) is 2.57. The van der Waals surface area contributed by atoms with E-state index in [4.69, 9.17) is 4.74 Å². The van der Waals surface area contributed by atoms with Crippen LogP contribution >= 0.6 is 0 Å². The largest absolute Gasteiger partial charge is 0.452 e. The number of sulfone groups is 1. The first-order valence-corrected chi connectivity index (χ1v) is 9.68. The third kappa shape index (κ3) is 4.44. The Morgan fingerprint density at radius 1 is 1.21 bits per heavy atom. The maximum absolute atomic E-state index is 12.2. The second kappa shape index (κ2) is 7.61. The molecule has 1 aromatic carbocycles. The third-order valence-corrected chi connectivity index (χ3v) is 4.95. The molecule has 130 valence electrons. The van der Waals surface area contributed by atoms with Gasteiger partial charge in [0.2, 0.25) is 0 Å². The monoisotopic (exact) mass is 351 g/mol. The fourth-order valence-corrected chi connectivity index (χ4v) is 3.20. The van der Waals surface area contributed by atoms with E-state index in [0.717, 1.165) is 31.2 Å². The zero-order valence-corrected chi connectivity index (χ0v) is 14.6. The van der Waals surface area contributed by atoms with Crippen molar-refractivity contribution in [2.45, 2.75) is 31.1 Å². The summed E-state index contributed by atoms with van der Waals surface area (Å²) in [6.07, 6.45) is 5.99. The first-order valence-electron chi connectivity index (χ1n) is 7.79. The highest BCUT2D eigenvalue weighted by molar-refractivity contribution is 7.90. The molecule has 1 amide bonds. The molecule has 0 spiro atoms. The normalized spacial score (nSPS) is 14.2. The molecule has 0 unspecified atom stereocenters. The number of likely N-dealkylation sites (N-methyl/N-ethyl adjacent to an activating group) is 1. The van der Waals surface area contributed by atoms with Crippen LogP contribution in [0.4, 0.5) is 0 Å². The number of ether oxygens (including phenoxy) is 1. The summed E-state index contributed by atoms with van der Waals surface area (Å²) in [4.78, 5) is 26.0. The Labute approximate surface area is 142 Å². The minimum atomic E-state index is -3.31. The van der Waals surface area contributed by atoms with E-state index in [1.165, 1.54) is 24.3 Å². The van der Waals surface area contributed by atoms with Gasteiger partial charge in [0, 0.05) is 18.5 Å². The quantitative estimate of drug-likeness (QED) is 0.734. The van der Waals surface area contributed by atoms with Crippen molar-refractivity contribution >= 4 is 21.7 Å². The predicted octanol–water partition coefficient (Wildman–Crippen LogP) is 2.16. The fraction of sp³-hybridized carbons (Fsp3) is 0.412. The molecule has 0 aliphatic heterocycles. The Hall–Kier alpha value is -2.15. The lowest BCUT2D eigenvalue weighted by Crippen LogP contribution is -2.33. The highest BCUT2D eigenvalue weighted by Crippen LogP contribution is 2.21. The summed E-state index contributed by atoms with van der Waals surface area (Å²) in [6.45, 7) is 2.08. The van der Waals surface area contributed by atoms with Crippen LogP contribution in [-0.2, 0) is 19.4 Å². The Morgan fingerprint density at radius 2 is 1.88 bits per heavy atom. The van der Waals surface area contributed by atoms with Crippen molar-refractivity contribution < 1.29 is 22.7 Å². The number of benzene rings is 1. The number of nitrogens with zero attached hydrogens (tertiary/aromatic N) is 1. The van der Waals surface area contributed by atoms with Crippen LogP contribution in [-0.4, -0.2) is 44.6 Å². The van der Waals surface area contributed by atoms with Crippen molar-refractivity contribution in [2.75, 3.05) is 19.4 Å². The highest BCUT2D eigenvalue weighted by atomic mass is 32.2. The second-order valence-corrected chi connectivity index (χ2v) is 7.61. The topological polar surface area (TPSA) is 80.8 Å². The summed E-state index contributed by atoms with van der Waals surface area (Å²) in [5.41, 5.74) is 1.19. The van der Waals surface area contributed by atoms with Gasteiger partial charge in [-0.05, 0) is 50.5 Å². The van der Waals surface area contributed by atoms with Crippen LogP contribution in [0, 0.1) is 0 Å². The molecule has 0 N–H and O–H groups in total. The number of hydrogen-bond donors (Lipinski definition) is 0. The Morgan fingerprint density at radius 3 is 2.38 bits per heavy atom. The Balaban J connectivity index is 1.96. The summed E-state index contributed by atoms with van der Waals surface area (Å²) in [7, 11) is -3.31. The summed E-state index contributed by atoms with van der Waals surface area (Å²) in [5, 5.41) is 0. The SMILES string of the molecule is CCN(C(=O)COC(=O)c1ccc(S(C)(=O)=O)cc1)C1=CCCC1. The van der Waals surface area contributed by atoms with Gasteiger partial charge in [0.1, 0.15) is 0 Å². The van der Waals surface area contributed by atoms with Crippen molar-refractivity contribution in [3.8, 4) is 0 Å². The van der Waals surface area contributed by atoms with E-state index in [2.05, 4.69) is 0 Å². The first kappa shape index (κ1) is 18.2. The third-order valence-electron chi connectivity index (χ3n) is 3.83. The molecule has 2 rings (SSSR count). The summed E-state index contributed by atoms with van der Waals surface area (Å²) >= 11 is 0. The number of allylic oxidation sites excluding steroid dienone is 2. The molecular weight excluding hydrogens is 330 g/mol. The van der Waals surface area contributed by atoms with Crippen molar-refractivity contribution in [1.82, 2.24) is 4.90 Å². The molecule has 24 heavy (non-hydrogen) atoms. The van der Waals surface area contributed by atoms with Crippen LogP contribution in [0.5, 0.6) is 0 Å². The average Bonchev–Trinajstić information content (AvgIpc) is 3.06. The smallest absolute Gasteiger partial charge is 0.338 e. The minimum Gasteiger partial charge on any atom is -0.452 e. The second-order valence-electron chi connectivity index (χ2n) is 5.60. The zero-order valence-electron chi connectivity index (χ0n) is 13.8. The molecule has 0 heterocycles. The van der Waals surface area contributed by atoms with E-state index >= 15 is 0 Å². The molecule has 0 fully saturated rings. The molecular formula is C17H21NO5S. The molecule has 0 atom stereocenters. The average molecular weight is 351 g/mol. The number of esters is 1. The van der Waals surface area contributed by atoms with Gasteiger partial charge in [0.25, 0.3) is 5.91 Å². The minimum absolute atomic E-state index is 0.125. The van der Waals surface area contributed by atoms with Crippen LogP contribution in [0.15, 0.2) is 40.9 Å². The molecule has 7 heteroatoms. The lowest BCUT2D eigenvalue weighted by molar-refractivity contribution is -0.132. The van der Waals surface area contributed by atoms with Gasteiger partial charge in [0.15, 0.2) is 16.4 Å². The van der Waals surface area contributed by atoms with E-state index < -0.39 is 15.8 Å². The van der Waals surface area contributed by atoms with Gasteiger partial charge in [-0.15, -0.1) is 0 Å². The van der Waals surface area contributed by atoms with Crippen LogP contribution in [0.2, 0.25) is 0 Å². The molecule has 1 aliphatic carbocycles. The highest BCUT2D eigenvalue weighted by Gasteiger charge is 2.20. The summed E-state index contributed by atoms with van der Waals surface area (Å²) in [5.74, 6) is -0.911. The number of amides is 1. The molecule has 0 aromatic heterocycles. The molecule has 6 nitrogen and oxygen atoms in total. The predicted molar refractivity (Wildman–Crippen MR) is 89.2 cm³/mol. The summed E-state index contributed by atoms with van der Waals surface area (Å²) in [6, 6.07) is 5.44. The Kier molecular flexibility index (Phi) is 5.77. The van der Waals surface area contributed by atoms with E-state index in [1.54, 1.807) is 4.90 Å². The van der Waals surface area contributed by atoms with Crippen LogP contribution < -0.4 is 0 Å². The van der Waals surface area contributed by atoms with Crippen molar-refractivity contribution in [3.63, 3.8) is 0 Å². The lowest BCUT2D eigenvalue weighted by Gasteiger charge is -2.22. The van der Waals surface area contributed by atoms with Crippen molar-refractivity contribution in [3.05, 3.63) is 41.6 Å². The lowest BCUT2D eigenvalue weighted by atomic mass is 10.2. The molecule has 0 saturated heterocycles. The van der Waals surface area contributed by atoms with Gasteiger partial charge < -0.3 is 9.64 Å². The number of rotatable bonds is 6. The Bertz CT molecular complexity index is 750. The molecule has 1 aliphatic rings. The molecule has 0 saturated carbocycles. The van der Waals surface area contributed by atoms with Gasteiger partial charge >= 0.3 is 5.97 Å². The van der Waals surface area contributed by atoms with Gasteiger partial charge in [0.05, 0.1) is 10.5 Å². The molecule has 0 radical (unpaired) electrons. The van der Waals surface area contributed by atoms with E-state index in [1.807, 2.05) is 13.0 Å². The number of carbonyl (C=O) groups excluding carboxylic acids is 2. The van der Waals surface area contributed by atoms with Crippen LogP contribution in [0.1, 0.15) is 36.5 Å². The van der Waals surface area contributed by atoms with E-state index in [0.29, 0.717) is 6.54 Å². The van der Waals surface area contributed by atoms with Crippen molar-refractivity contribution in [2.24, 2.45) is 0 Å². The van der Waals surface area contributed by atoms with Gasteiger partial charge in [-0.3, -0.25) is 4.79 Å². The van der Waals surface area contributed by atoms with E-state index in [9.17, 15) is 18.0 Å². The van der Waals surface area contributed by atoms with Crippen molar-refractivity contribution in [1.29, 1.82) is 0 Å².